The Kier molecular flexibility index (Phi) is 8.03. The average Bonchev–Trinajstić information content (AvgIpc) is 3.42. The lowest BCUT2D eigenvalue weighted by Crippen LogP contribution is -2.35. The molecule has 0 atom stereocenters. The summed E-state index contributed by atoms with van der Waals surface area (Å²) in [6, 6.07) is 26.6. The number of rotatable bonds is 8. The molecule has 0 saturated carbocycles. The van der Waals surface area contributed by atoms with Crippen molar-refractivity contribution in [1.82, 2.24) is 15.1 Å². The van der Waals surface area contributed by atoms with Gasteiger partial charge in [-0.1, -0.05) is 60.7 Å². The number of ether oxygens (including phenoxy) is 1. The standard InChI is InChI=1S/C33H40N4O/c1-2-5-26(6-3-1)23-37-18-4-7-29-12-13-32(21-31(29)24-37)38-25-28-14-19-36(20-15-28)22-27-8-10-30(11-9-27)33-34-16-17-35-33/h1-3,5-6,8-13,21,28H,4,7,14-20,22-25H2,(H,34,35). The fraction of sp³-hybridized carbons (Fsp3) is 0.424. The Labute approximate surface area is 227 Å². The Balaban J connectivity index is 0.973. The number of hydrogen-bond donors (Lipinski definition) is 1. The van der Waals surface area contributed by atoms with Crippen LogP contribution in [0.25, 0.3) is 0 Å². The van der Waals surface area contributed by atoms with E-state index >= 15 is 0 Å². The van der Waals surface area contributed by atoms with Gasteiger partial charge in [0.1, 0.15) is 11.6 Å². The van der Waals surface area contributed by atoms with Crippen molar-refractivity contribution in [2.45, 2.75) is 45.3 Å². The Morgan fingerprint density at radius 1 is 0.816 bits per heavy atom. The number of likely N-dealkylation sites (tertiary alicyclic amines) is 1. The number of nitrogens with one attached hydrogen (secondary N) is 1. The predicted octanol–water partition coefficient (Wildman–Crippen LogP) is 5.28. The molecule has 6 rings (SSSR count). The first-order valence-corrected chi connectivity index (χ1v) is 14.4. The lowest BCUT2D eigenvalue weighted by atomic mass is 9.97. The second-order valence-corrected chi connectivity index (χ2v) is 11.1. The number of hydrogen-bond acceptors (Lipinski definition) is 5. The summed E-state index contributed by atoms with van der Waals surface area (Å²) in [6.45, 7) is 9.14. The zero-order valence-electron chi connectivity index (χ0n) is 22.4. The second-order valence-electron chi connectivity index (χ2n) is 11.1. The SMILES string of the molecule is c1ccc(CN2CCCc3ccc(OCC4CCN(Cc5ccc(C6=NCCN6)cc5)CC4)cc3C2)cc1. The lowest BCUT2D eigenvalue weighted by Gasteiger charge is -2.32. The monoisotopic (exact) mass is 508 g/mol. The fourth-order valence-corrected chi connectivity index (χ4v) is 6.02. The number of aliphatic imine (C=N–C) groups is 1. The zero-order valence-corrected chi connectivity index (χ0v) is 22.4. The van der Waals surface area contributed by atoms with Crippen molar-refractivity contribution in [1.29, 1.82) is 0 Å². The highest BCUT2D eigenvalue weighted by Crippen LogP contribution is 2.26. The molecule has 3 aliphatic heterocycles. The molecular weight excluding hydrogens is 468 g/mol. The van der Waals surface area contributed by atoms with Crippen LogP contribution in [-0.2, 0) is 26.1 Å². The molecule has 0 amide bonds. The largest absolute Gasteiger partial charge is 0.493 e. The summed E-state index contributed by atoms with van der Waals surface area (Å²) in [6.07, 6.45) is 4.78. The topological polar surface area (TPSA) is 40.1 Å². The van der Waals surface area contributed by atoms with Crippen LogP contribution in [0.4, 0.5) is 0 Å². The molecular formula is C33H40N4O. The number of aryl methyl sites for hydroxylation is 1. The van der Waals surface area contributed by atoms with Crippen LogP contribution in [0.1, 0.15) is 47.1 Å². The van der Waals surface area contributed by atoms with Crippen molar-refractivity contribution in [2.24, 2.45) is 10.9 Å². The predicted molar refractivity (Wildman–Crippen MR) is 155 cm³/mol. The summed E-state index contributed by atoms with van der Waals surface area (Å²) in [4.78, 5) is 9.69. The maximum atomic E-state index is 6.37. The van der Waals surface area contributed by atoms with Crippen LogP contribution in [0.3, 0.4) is 0 Å². The Morgan fingerprint density at radius 3 is 2.39 bits per heavy atom. The zero-order chi connectivity index (χ0) is 25.6. The Hall–Kier alpha value is -3.15. The minimum Gasteiger partial charge on any atom is -0.493 e. The van der Waals surface area contributed by atoms with Crippen molar-refractivity contribution < 1.29 is 4.74 Å². The fourth-order valence-electron chi connectivity index (χ4n) is 6.02. The molecule has 0 bridgehead atoms. The van der Waals surface area contributed by atoms with E-state index in [0.717, 1.165) is 77.0 Å². The van der Waals surface area contributed by atoms with Crippen molar-refractivity contribution in [3.05, 3.63) is 101 Å². The number of amidine groups is 1. The van der Waals surface area contributed by atoms with Gasteiger partial charge in [0, 0.05) is 31.7 Å². The summed E-state index contributed by atoms with van der Waals surface area (Å²) in [5, 5.41) is 3.36. The summed E-state index contributed by atoms with van der Waals surface area (Å²) in [7, 11) is 0. The first kappa shape index (κ1) is 25.1. The van der Waals surface area contributed by atoms with Gasteiger partial charge in [0.05, 0.1) is 13.2 Å². The Bertz CT molecular complexity index is 1220. The molecule has 3 heterocycles. The summed E-state index contributed by atoms with van der Waals surface area (Å²) >= 11 is 0. The van der Waals surface area contributed by atoms with E-state index in [9.17, 15) is 0 Å². The quantitative estimate of drug-likeness (QED) is 0.450. The molecule has 0 radical (unpaired) electrons. The van der Waals surface area contributed by atoms with E-state index in [2.05, 4.69) is 92.9 Å². The molecule has 38 heavy (non-hydrogen) atoms. The van der Waals surface area contributed by atoms with Gasteiger partial charge < -0.3 is 10.1 Å². The third-order valence-corrected chi connectivity index (χ3v) is 8.24. The summed E-state index contributed by atoms with van der Waals surface area (Å²) in [5.41, 5.74) is 6.90. The van der Waals surface area contributed by atoms with Gasteiger partial charge in [0.25, 0.3) is 0 Å². The van der Waals surface area contributed by atoms with Gasteiger partial charge in [-0.05, 0) is 85.6 Å². The van der Waals surface area contributed by atoms with Gasteiger partial charge in [-0.25, -0.2) is 0 Å². The van der Waals surface area contributed by atoms with Gasteiger partial charge in [0.15, 0.2) is 0 Å². The number of nitrogens with zero attached hydrogens (tertiary/aromatic N) is 3. The highest BCUT2D eigenvalue weighted by molar-refractivity contribution is 5.99. The summed E-state index contributed by atoms with van der Waals surface area (Å²) < 4.78 is 6.37. The molecule has 3 aromatic rings. The third kappa shape index (κ3) is 6.46. The van der Waals surface area contributed by atoms with Gasteiger partial charge >= 0.3 is 0 Å². The highest BCUT2D eigenvalue weighted by atomic mass is 16.5. The summed E-state index contributed by atoms with van der Waals surface area (Å²) in [5.74, 6) is 2.71. The maximum Gasteiger partial charge on any atom is 0.128 e. The minimum absolute atomic E-state index is 0.633. The van der Waals surface area contributed by atoms with Crippen LogP contribution in [0, 0.1) is 5.92 Å². The molecule has 1 fully saturated rings. The van der Waals surface area contributed by atoms with Crippen molar-refractivity contribution in [3.8, 4) is 5.75 Å². The van der Waals surface area contributed by atoms with Crippen molar-refractivity contribution in [3.63, 3.8) is 0 Å². The van der Waals surface area contributed by atoms with Crippen LogP contribution >= 0.6 is 0 Å². The van der Waals surface area contributed by atoms with Gasteiger partial charge in [-0.3, -0.25) is 14.8 Å². The molecule has 3 aliphatic rings. The molecule has 0 aromatic heterocycles. The van der Waals surface area contributed by atoms with E-state index in [0.29, 0.717) is 5.92 Å². The number of benzene rings is 3. The van der Waals surface area contributed by atoms with E-state index in [4.69, 9.17) is 4.74 Å². The molecule has 0 spiro atoms. The van der Waals surface area contributed by atoms with Crippen LogP contribution in [0.15, 0.2) is 77.8 Å². The van der Waals surface area contributed by atoms with Crippen LogP contribution < -0.4 is 10.1 Å². The molecule has 198 valence electrons. The molecule has 3 aromatic carbocycles. The van der Waals surface area contributed by atoms with Crippen molar-refractivity contribution in [2.75, 3.05) is 39.3 Å². The normalized spacial score (nSPS) is 18.9. The molecule has 1 saturated heterocycles. The van der Waals surface area contributed by atoms with Gasteiger partial charge in [-0.2, -0.15) is 0 Å². The van der Waals surface area contributed by atoms with E-state index in [1.54, 1.807) is 0 Å². The molecule has 1 N–H and O–H groups in total. The van der Waals surface area contributed by atoms with E-state index in [-0.39, 0.29) is 0 Å². The second kappa shape index (κ2) is 12.1. The minimum atomic E-state index is 0.633. The highest BCUT2D eigenvalue weighted by Gasteiger charge is 2.21. The lowest BCUT2D eigenvalue weighted by molar-refractivity contribution is 0.136. The van der Waals surface area contributed by atoms with E-state index in [1.807, 2.05) is 0 Å². The van der Waals surface area contributed by atoms with Crippen LogP contribution in [-0.4, -0.2) is 55.0 Å². The van der Waals surface area contributed by atoms with Gasteiger partial charge in [0.2, 0.25) is 0 Å². The smallest absolute Gasteiger partial charge is 0.128 e. The van der Waals surface area contributed by atoms with E-state index in [1.165, 1.54) is 47.1 Å². The van der Waals surface area contributed by atoms with Crippen LogP contribution in [0.5, 0.6) is 5.75 Å². The van der Waals surface area contributed by atoms with Gasteiger partial charge in [-0.15, -0.1) is 0 Å². The molecule has 0 aliphatic carbocycles. The first-order valence-electron chi connectivity index (χ1n) is 14.4. The number of piperidine rings is 1. The Morgan fingerprint density at radius 2 is 1.61 bits per heavy atom. The third-order valence-electron chi connectivity index (χ3n) is 8.24. The number of fused-ring (bicyclic) bond motifs is 1. The molecule has 5 nitrogen and oxygen atoms in total. The molecule has 0 unspecified atom stereocenters. The molecule has 5 heteroatoms. The van der Waals surface area contributed by atoms with Crippen LogP contribution in [0.2, 0.25) is 0 Å². The van der Waals surface area contributed by atoms with Crippen molar-refractivity contribution >= 4 is 5.84 Å². The first-order chi connectivity index (χ1) is 18.8. The van der Waals surface area contributed by atoms with E-state index < -0.39 is 0 Å². The average molecular weight is 509 g/mol. The maximum absolute atomic E-state index is 6.37.